The fourth-order valence-corrected chi connectivity index (χ4v) is 13.1. The number of benzene rings is 1. The van der Waals surface area contributed by atoms with Gasteiger partial charge in [-0.3, -0.25) is 10.1 Å². The number of allylic oxidation sites excluding steroid dienone is 4. The Bertz CT molecular complexity index is 1350. The highest BCUT2D eigenvalue weighted by Gasteiger charge is 2.89. The molecule has 0 aromatic heterocycles. The van der Waals surface area contributed by atoms with Gasteiger partial charge >= 0.3 is 0 Å². The van der Waals surface area contributed by atoms with Crippen molar-refractivity contribution in [1.29, 1.82) is 0 Å². The lowest BCUT2D eigenvalue weighted by atomic mass is 9.57. The average Bonchev–Trinajstić information content (AvgIpc) is 3.14. The van der Waals surface area contributed by atoms with Crippen LogP contribution in [0.4, 0.5) is 5.69 Å². The number of halogens is 12. The van der Waals surface area contributed by atoms with Gasteiger partial charge in [0.1, 0.15) is 14.6 Å². The summed E-state index contributed by atoms with van der Waals surface area (Å²) in [6.45, 7) is 0. The molecule has 1 aromatic rings. The predicted octanol–water partition coefficient (Wildman–Crippen LogP) is 10.1. The van der Waals surface area contributed by atoms with E-state index in [1.165, 1.54) is 6.07 Å². The molecule has 15 heteroatoms. The number of hydrogen-bond acceptors (Lipinski definition) is 2. The quantitative estimate of drug-likeness (QED) is 0.163. The molecule has 2 fully saturated rings. The molecule has 0 spiro atoms. The van der Waals surface area contributed by atoms with E-state index in [0.717, 1.165) is 0 Å². The minimum atomic E-state index is -1.95. The first-order valence-electron chi connectivity index (χ1n) is 9.87. The van der Waals surface area contributed by atoms with Gasteiger partial charge in [-0.1, -0.05) is 92.8 Å². The van der Waals surface area contributed by atoms with Gasteiger partial charge < -0.3 is 0 Å². The first kappa shape index (κ1) is 27.0. The van der Waals surface area contributed by atoms with Crippen molar-refractivity contribution in [3.05, 3.63) is 58.0 Å². The van der Waals surface area contributed by atoms with Crippen molar-refractivity contribution in [2.75, 3.05) is 0 Å². The molecule has 4 bridgehead atoms. The number of fused-ring (bicyclic) bond motifs is 14. The van der Waals surface area contributed by atoms with Gasteiger partial charge in [-0.15, -0.1) is 34.8 Å². The van der Waals surface area contributed by atoms with E-state index in [0.29, 0.717) is 11.1 Å². The molecule has 35 heavy (non-hydrogen) atoms. The Hall–Kier alpha value is 1.77. The molecule has 0 amide bonds. The zero-order valence-corrected chi connectivity index (χ0v) is 26.2. The summed E-state index contributed by atoms with van der Waals surface area (Å²) in [6, 6.07) is 3.01. The second-order valence-electron chi connectivity index (χ2n) is 9.34. The third-order valence-electron chi connectivity index (χ3n) is 8.31. The van der Waals surface area contributed by atoms with E-state index < -0.39 is 57.8 Å². The van der Waals surface area contributed by atoms with Gasteiger partial charge in [0.05, 0.1) is 24.5 Å². The van der Waals surface area contributed by atoms with E-state index in [9.17, 15) is 10.1 Å². The summed E-state index contributed by atoms with van der Waals surface area (Å²) in [6.07, 6.45) is 0. The smallest absolute Gasteiger partial charge is 0.258 e. The molecule has 0 aliphatic heterocycles. The lowest BCUT2D eigenvalue weighted by Gasteiger charge is -2.52. The fourth-order valence-electron chi connectivity index (χ4n) is 7.07. The fraction of sp³-hybridized carbons (Fsp3) is 0.500. The Kier molecular flexibility index (Phi) is 5.80. The molecule has 5 aliphatic rings. The monoisotopic (exact) mass is 757 g/mol. The first-order valence-corrected chi connectivity index (χ1v) is 14.8. The van der Waals surface area contributed by atoms with Gasteiger partial charge in [0.25, 0.3) is 5.69 Å². The number of nitrogens with zero attached hydrogens (tertiary/aromatic N) is 1. The topological polar surface area (TPSA) is 43.1 Å². The number of nitro groups is 1. The Labute approximate surface area is 262 Å². The van der Waals surface area contributed by atoms with Gasteiger partial charge in [0, 0.05) is 34.8 Å². The number of nitro benzene ring substituents is 1. The highest BCUT2D eigenvalue weighted by molar-refractivity contribution is 9.10. The van der Waals surface area contributed by atoms with Crippen LogP contribution in [-0.4, -0.2) is 28.2 Å². The van der Waals surface area contributed by atoms with Gasteiger partial charge in [-0.25, -0.2) is 0 Å². The first-order chi connectivity index (χ1) is 15.9. The van der Waals surface area contributed by atoms with Crippen LogP contribution in [0.5, 0.6) is 0 Å². The van der Waals surface area contributed by atoms with Crippen LogP contribution in [0.25, 0.3) is 0 Å². The lowest BCUT2D eigenvalue weighted by Crippen LogP contribution is -2.53. The molecular formula is C20H7BrCl11NO2. The third kappa shape index (κ3) is 2.54. The molecule has 0 radical (unpaired) electrons. The van der Waals surface area contributed by atoms with Crippen LogP contribution in [0, 0.1) is 27.9 Å². The molecule has 8 atom stereocenters. The summed E-state index contributed by atoms with van der Waals surface area (Å²) in [4.78, 5) is 6.20. The summed E-state index contributed by atoms with van der Waals surface area (Å²) in [5.74, 6) is -3.76. The van der Waals surface area contributed by atoms with Crippen LogP contribution in [-0.2, 0) is 0 Å². The maximum absolute atomic E-state index is 11.8. The molecule has 0 saturated heterocycles. The van der Waals surface area contributed by atoms with E-state index in [4.69, 9.17) is 128 Å². The van der Waals surface area contributed by atoms with Crippen LogP contribution < -0.4 is 0 Å². The lowest BCUT2D eigenvalue weighted by molar-refractivity contribution is -0.385. The largest absolute Gasteiger partial charge is 0.283 e. The van der Waals surface area contributed by atoms with E-state index in [1.54, 1.807) is 6.07 Å². The van der Waals surface area contributed by atoms with Crippen molar-refractivity contribution in [3.8, 4) is 0 Å². The standard InChI is InChI=1S/C20H7BrCl11NO2/c21-5-1-3-4(2-6(5)33(34)35)8-11(18(28)15(25)14(24)17(8,27)20(18,31)32)9-7(3)10-12(22)13(23)16(9,26)19(10,29)30/h1-2,7-11H/t7-,8-,9-,10-,11+,16-,17+,18+/m0/s1. The van der Waals surface area contributed by atoms with Crippen molar-refractivity contribution < 1.29 is 4.92 Å². The van der Waals surface area contributed by atoms with Crippen molar-refractivity contribution in [2.24, 2.45) is 17.8 Å². The summed E-state index contributed by atoms with van der Waals surface area (Å²) < 4.78 is -3.40. The van der Waals surface area contributed by atoms with Crippen LogP contribution in [0.2, 0.25) is 0 Å². The van der Waals surface area contributed by atoms with Gasteiger partial charge in [-0.2, -0.15) is 0 Å². The minimum absolute atomic E-state index is 0.0418. The van der Waals surface area contributed by atoms with Crippen LogP contribution in [0.3, 0.4) is 0 Å². The van der Waals surface area contributed by atoms with E-state index >= 15 is 0 Å². The summed E-state index contributed by atoms with van der Waals surface area (Å²) in [5, 5.41) is 12.0. The van der Waals surface area contributed by atoms with E-state index in [2.05, 4.69) is 15.9 Å². The molecular weight excluding hydrogens is 756 g/mol. The number of alkyl halides is 7. The Balaban J connectivity index is 1.78. The van der Waals surface area contributed by atoms with Crippen LogP contribution in [0.15, 0.2) is 36.7 Å². The van der Waals surface area contributed by atoms with Gasteiger partial charge in [-0.05, 0) is 39.0 Å². The highest BCUT2D eigenvalue weighted by atomic mass is 79.9. The summed E-state index contributed by atoms with van der Waals surface area (Å²) >= 11 is 79.3. The van der Waals surface area contributed by atoms with Crippen molar-refractivity contribution in [2.45, 2.75) is 35.1 Å². The van der Waals surface area contributed by atoms with E-state index in [1.807, 2.05) is 0 Å². The Morgan fingerprint density at radius 2 is 1.34 bits per heavy atom. The van der Waals surface area contributed by atoms with Crippen LogP contribution in [0.1, 0.15) is 23.0 Å². The summed E-state index contributed by atoms with van der Waals surface area (Å²) in [5.41, 5.74) is 0.862. The van der Waals surface area contributed by atoms with Crippen molar-refractivity contribution in [1.82, 2.24) is 0 Å². The van der Waals surface area contributed by atoms with Crippen molar-refractivity contribution >= 4 is 149 Å². The molecule has 0 N–H and O–H groups in total. The average molecular weight is 763 g/mol. The molecule has 2 saturated carbocycles. The van der Waals surface area contributed by atoms with Crippen molar-refractivity contribution in [3.63, 3.8) is 0 Å². The molecule has 6 rings (SSSR count). The number of hydrogen-bond donors (Lipinski definition) is 0. The zero-order valence-electron chi connectivity index (χ0n) is 16.3. The minimum Gasteiger partial charge on any atom is -0.258 e. The van der Waals surface area contributed by atoms with E-state index in [-0.39, 0.29) is 30.3 Å². The zero-order chi connectivity index (χ0) is 26.0. The third-order valence-corrected chi connectivity index (χ3v) is 16.3. The molecule has 5 aliphatic carbocycles. The SMILES string of the molecule is O=[N+]([O-])c1cc2c(cc1Br)[C@H]1[C@@H]([C@H]3[C@H]2[C@@]2(Cl)C(Cl)=C(Cl)[C@@]3(Cl)C2(Cl)Cl)[C@]2(Cl)C(Cl)=C(Cl)[C@H]1C2(Cl)Cl. The summed E-state index contributed by atoms with van der Waals surface area (Å²) in [7, 11) is 0. The highest BCUT2D eigenvalue weighted by Crippen LogP contribution is 2.87. The maximum atomic E-state index is 11.8. The second-order valence-corrected chi connectivity index (χ2v) is 16.2. The normalized spacial score (nSPS) is 45.7. The molecule has 0 heterocycles. The van der Waals surface area contributed by atoms with Gasteiger partial charge in [0.2, 0.25) is 0 Å². The molecule has 1 aromatic carbocycles. The predicted molar refractivity (Wildman–Crippen MR) is 149 cm³/mol. The van der Waals surface area contributed by atoms with Gasteiger partial charge in [0.15, 0.2) is 8.67 Å². The molecule has 3 nitrogen and oxygen atoms in total. The Morgan fingerprint density at radius 3 is 1.91 bits per heavy atom. The molecule has 188 valence electrons. The number of rotatable bonds is 1. The maximum Gasteiger partial charge on any atom is 0.283 e. The second kappa shape index (κ2) is 7.53. The molecule has 0 unspecified atom stereocenters. The van der Waals surface area contributed by atoms with Crippen LogP contribution >= 0.6 is 144 Å². The Morgan fingerprint density at radius 1 is 0.771 bits per heavy atom.